The van der Waals surface area contributed by atoms with Crippen LogP contribution in [-0.2, 0) is 21.8 Å². The van der Waals surface area contributed by atoms with Crippen LogP contribution in [-0.4, -0.2) is 31.3 Å². The van der Waals surface area contributed by atoms with Gasteiger partial charge in [-0.1, -0.05) is 0 Å². The summed E-state index contributed by atoms with van der Waals surface area (Å²) in [6.07, 6.45) is 1.23. The number of hydrogen-bond donors (Lipinski definition) is 1. The van der Waals surface area contributed by atoms with Gasteiger partial charge in [0.15, 0.2) is 0 Å². The van der Waals surface area contributed by atoms with E-state index in [-0.39, 0.29) is 5.56 Å². The van der Waals surface area contributed by atoms with Crippen LogP contribution >= 0.6 is 0 Å². The number of aromatic nitrogens is 2. The Kier molecular flexibility index (Phi) is 2.58. The highest BCUT2D eigenvalue weighted by Gasteiger charge is 2.24. The van der Waals surface area contributed by atoms with Crippen LogP contribution in [0.4, 0.5) is 0 Å². The normalized spacial score (nSPS) is 11.4. The molecule has 0 aliphatic heterocycles. The van der Waals surface area contributed by atoms with Gasteiger partial charge >= 0.3 is 5.97 Å². The minimum atomic E-state index is -4.00. The molecular weight excluding hydrogens is 210 g/mol. The third-order valence-corrected chi connectivity index (χ3v) is 2.31. The molecular formula is C6H9N3O4S. The summed E-state index contributed by atoms with van der Waals surface area (Å²) in [4.78, 5) is 11.1. The molecule has 0 fully saturated rings. The van der Waals surface area contributed by atoms with Crippen molar-refractivity contribution in [3.63, 3.8) is 0 Å². The van der Waals surface area contributed by atoms with Gasteiger partial charge in [-0.2, -0.15) is 5.10 Å². The number of hydrogen-bond acceptors (Lipinski definition) is 5. The molecule has 0 bridgehead atoms. The van der Waals surface area contributed by atoms with Crippen LogP contribution in [0.5, 0.6) is 0 Å². The van der Waals surface area contributed by atoms with Crippen molar-refractivity contribution in [3.8, 4) is 0 Å². The molecule has 0 unspecified atom stereocenters. The molecule has 7 nitrogen and oxygen atoms in total. The van der Waals surface area contributed by atoms with Crippen LogP contribution in [0.15, 0.2) is 11.2 Å². The van der Waals surface area contributed by atoms with E-state index >= 15 is 0 Å². The Balaban J connectivity index is 3.38. The van der Waals surface area contributed by atoms with E-state index in [0.29, 0.717) is 0 Å². The zero-order valence-corrected chi connectivity index (χ0v) is 8.41. The van der Waals surface area contributed by atoms with Crippen molar-refractivity contribution >= 4 is 16.0 Å². The fraction of sp³-hybridized carbons (Fsp3) is 0.333. The van der Waals surface area contributed by atoms with Crippen LogP contribution in [0, 0.1) is 0 Å². The summed E-state index contributed by atoms with van der Waals surface area (Å²) in [5.41, 5.74) is -0.169. The molecule has 78 valence electrons. The molecule has 0 amide bonds. The van der Waals surface area contributed by atoms with Gasteiger partial charge in [-0.05, 0) is 0 Å². The average Bonchev–Trinajstić information content (AvgIpc) is 2.45. The Bertz CT molecular complexity index is 461. The number of methoxy groups -OCH3 is 1. The van der Waals surface area contributed by atoms with E-state index in [1.54, 1.807) is 0 Å². The molecule has 1 aromatic heterocycles. The van der Waals surface area contributed by atoms with Gasteiger partial charge in [-0.25, -0.2) is 18.4 Å². The zero-order chi connectivity index (χ0) is 10.9. The number of aryl methyl sites for hydroxylation is 1. The predicted molar refractivity (Wildman–Crippen MR) is 45.9 cm³/mol. The van der Waals surface area contributed by atoms with E-state index in [4.69, 9.17) is 5.14 Å². The highest BCUT2D eigenvalue weighted by molar-refractivity contribution is 7.89. The van der Waals surface area contributed by atoms with Gasteiger partial charge in [0.05, 0.1) is 7.11 Å². The minimum Gasteiger partial charge on any atom is -0.465 e. The van der Waals surface area contributed by atoms with Gasteiger partial charge in [0.2, 0.25) is 5.03 Å². The quantitative estimate of drug-likeness (QED) is 0.633. The summed E-state index contributed by atoms with van der Waals surface area (Å²) in [6.45, 7) is 0. The lowest BCUT2D eigenvalue weighted by atomic mass is 10.4. The number of rotatable bonds is 2. The number of nitrogens with two attached hydrogens (primary N) is 1. The Hall–Kier alpha value is -1.41. The lowest BCUT2D eigenvalue weighted by Crippen LogP contribution is -2.17. The smallest absolute Gasteiger partial charge is 0.342 e. The summed E-state index contributed by atoms with van der Waals surface area (Å²) in [5, 5.41) is 7.93. The lowest BCUT2D eigenvalue weighted by Gasteiger charge is -1.96. The summed E-state index contributed by atoms with van der Waals surface area (Å²) in [6, 6.07) is 0. The second kappa shape index (κ2) is 3.39. The maximum absolute atomic E-state index is 11.1. The van der Waals surface area contributed by atoms with E-state index in [0.717, 1.165) is 7.11 Å². The van der Waals surface area contributed by atoms with Crippen molar-refractivity contribution in [1.29, 1.82) is 0 Å². The molecule has 1 aromatic rings. The second-order valence-electron chi connectivity index (χ2n) is 2.56. The maximum atomic E-state index is 11.1. The molecule has 0 spiro atoms. The van der Waals surface area contributed by atoms with Gasteiger partial charge in [0, 0.05) is 13.2 Å². The van der Waals surface area contributed by atoms with E-state index < -0.39 is 21.0 Å². The van der Waals surface area contributed by atoms with Crippen LogP contribution in [0.2, 0.25) is 0 Å². The topological polar surface area (TPSA) is 104 Å². The number of esters is 1. The number of ether oxygens (including phenoxy) is 1. The molecule has 1 heterocycles. The van der Waals surface area contributed by atoms with Crippen molar-refractivity contribution in [2.45, 2.75) is 5.03 Å². The minimum absolute atomic E-state index is 0.169. The van der Waals surface area contributed by atoms with Crippen LogP contribution < -0.4 is 5.14 Å². The van der Waals surface area contributed by atoms with Gasteiger partial charge in [-0.3, -0.25) is 4.68 Å². The van der Waals surface area contributed by atoms with Crippen molar-refractivity contribution in [2.75, 3.05) is 7.11 Å². The molecule has 14 heavy (non-hydrogen) atoms. The van der Waals surface area contributed by atoms with Gasteiger partial charge < -0.3 is 4.74 Å². The summed E-state index contributed by atoms with van der Waals surface area (Å²) < 4.78 is 27.5. The predicted octanol–water partition coefficient (Wildman–Crippen LogP) is -1.15. The summed E-state index contributed by atoms with van der Waals surface area (Å²) in [5.74, 6) is -0.790. The molecule has 0 atom stereocenters. The third kappa shape index (κ3) is 1.91. The molecule has 0 aromatic carbocycles. The number of primary sulfonamides is 1. The first-order valence-corrected chi connectivity index (χ1v) is 5.05. The fourth-order valence-electron chi connectivity index (χ4n) is 0.928. The van der Waals surface area contributed by atoms with Gasteiger partial charge in [0.25, 0.3) is 10.0 Å². The Morgan fingerprint density at radius 2 is 2.21 bits per heavy atom. The second-order valence-corrected chi connectivity index (χ2v) is 4.03. The van der Waals surface area contributed by atoms with Gasteiger partial charge in [-0.15, -0.1) is 0 Å². The highest BCUT2D eigenvalue weighted by atomic mass is 32.2. The van der Waals surface area contributed by atoms with E-state index in [2.05, 4.69) is 9.84 Å². The molecule has 2 N–H and O–H groups in total. The monoisotopic (exact) mass is 219 g/mol. The molecule has 0 saturated heterocycles. The average molecular weight is 219 g/mol. The Morgan fingerprint density at radius 3 is 2.64 bits per heavy atom. The van der Waals surface area contributed by atoms with Crippen LogP contribution in [0.3, 0.4) is 0 Å². The standard InChI is InChI=1S/C6H9N3O4S/c1-9-3-4(6(10)13-2)5(8-9)14(7,11)12/h3H,1-2H3,(H2,7,11,12). The number of carbonyl (C=O) groups is 1. The van der Waals surface area contributed by atoms with E-state index in [9.17, 15) is 13.2 Å². The maximum Gasteiger partial charge on any atom is 0.342 e. The first-order chi connectivity index (χ1) is 6.36. The lowest BCUT2D eigenvalue weighted by molar-refractivity contribution is 0.0596. The van der Waals surface area contributed by atoms with Crippen molar-refractivity contribution < 1.29 is 17.9 Å². The third-order valence-electron chi connectivity index (χ3n) is 1.47. The Labute approximate surface area is 80.5 Å². The fourth-order valence-corrected chi connectivity index (χ4v) is 1.61. The Morgan fingerprint density at radius 1 is 1.64 bits per heavy atom. The highest BCUT2D eigenvalue weighted by Crippen LogP contribution is 2.11. The van der Waals surface area contributed by atoms with Crippen LogP contribution in [0.25, 0.3) is 0 Å². The summed E-state index contributed by atoms with van der Waals surface area (Å²) >= 11 is 0. The largest absolute Gasteiger partial charge is 0.465 e. The molecule has 0 aliphatic carbocycles. The van der Waals surface area contributed by atoms with Crippen molar-refractivity contribution in [2.24, 2.45) is 12.2 Å². The molecule has 0 aliphatic rings. The number of sulfonamides is 1. The van der Waals surface area contributed by atoms with E-state index in [1.807, 2.05) is 0 Å². The van der Waals surface area contributed by atoms with Crippen molar-refractivity contribution in [1.82, 2.24) is 9.78 Å². The number of carbonyl (C=O) groups excluding carboxylic acids is 1. The molecule has 1 rings (SSSR count). The van der Waals surface area contributed by atoms with Crippen molar-refractivity contribution in [3.05, 3.63) is 11.8 Å². The molecule has 0 radical (unpaired) electrons. The van der Waals surface area contributed by atoms with E-state index in [1.165, 1.54) is 17.9 Å². The number of nitrogens with zero attached hydrogens (tertiary/aromatic N) is 2. The first-order valence-electron chi connectivity index (χ1n) is 3.51. The van der Waals surface area contributed by atoms with Crippen LogP contribution in [0.1, 0.15) is 10.4 Å². The van der Waals surface area contributed by atoms with Gasteiger partial charge in [0.1, 0.15) is 5.56 Å². The SMILES string of the molecule is COC(=O)c1cn(C)nc1S(N)(=O)=O. The molecule has 8 heteroatoms. The first kappa shape index (κ1) is 10.7. The molecule has 0 saturated carbocycles. The zero-order valence-electron chi connectivity index (χ0n) is 7.59. The summed E-state index contributed by atoms with van der Waals surface area (Å²) in [7, 11) is -1.39.